The van der Waals surface area contributed by atoms with Crippen molar-refractivity contribution < 1.29 is 22.3 Å². The first-order chi connectivity index (χ1) is 5.96. The quantitative estimate of drug-likeness (QED) is 0.506. The van der Waals surface area contributed by atoms with Crippen molar-refractivity contribution in [2.24, 2.45) is 0 Å². The summed E-state index contributed by atoms with van der Waals surface area (Å²) in [6.45, 7) is 0. The number of nitrogens with zero attached hydrogens (tertiary/aromatic N) is 1. The molecule has 0 aliphatic rings. The lowest BCUT2D eigenvalue weighted by molar-refractivity contribution is -0.141. The van der Waals surface area contributed by atoms with Crippen molar-refractivity contribution in [3.8, 4) is 5.75 Å². The zero-order chi connectivity index (χ0) is 10.1. The molecule has 0 aromatic carbocycles. The van der Waals surface area contributed by atoms with E-state index in [-0.39, 0.29) is 0 Å². The van der Waals surface area contributed by atoms with Gasteiger partial charge in [-0.3, -0.25) is 0 Å². The minimum atomic E-state index is -4.79. The molecule has 13 heavy (non-hydrogen) atoms. The van der Waals surface area contributed by atoms with E-state index in [4.69, 9.17) is 0 Å². The van der Waals surface area contributed by atoms with E-state index >= 15 is 0 Å². The highest BCUT2D eigenvalue weighted by Gasteiger charge is 2.38. The SMILES string of the molecule is COc1ccnc(F)c1C(F)(F)F. The van der Waals surface area contributed by atoms with Gasteiger partial charge >= 0.3 is 6.18 Å². The van der Waals surface area contributed by atoms with Gasteiger partial charge in [-0.25, -0.2) is 4.98 Å². The van der Waals surface area contributed by atoms with Crippen LogP contribution < -0.4 is 4.74 Å². The van der Waals surface area contributed by atoms with E-state index in [2.05, 4.69) is 9.72 Å². The molecule has 0 saturated carbocycles. The minimum absolute atomic E-state index is 0.569. The highest BCUT2D eigenvalue weighted by molar-refractivity contribution is 5.33. The smallest absolute Gasteiger partial charge is 0.424 e. The van der Waals surface area contributed by atoms with E-state index in [1.165, 1.54) is 0 Å². The predicted molar refractivity (Wildman–Crippen MR) is 35.7 cm³/mol. The molecule has 6 heteroatoms. The maximum absolute atomic E-state index is 12.6. The Kier molecular flexibility index (Phi) is 2.40. The third-order valence-electron chi connectivity index (χ3n) is 1.37. The van der Waals surface area contributed by atoms with E-state index in [0.717, 1.165) is 19.4 Å². The molecule has 0 atom stereocenters. The summed E-state index contributed by atoms with van der Waals surface area (Å²) >= 11 is 0. The Morgan fingerprint density at radius 3 is 2.38 bits per heavy atom. The van der Waals surface area contributed by atoms with E-state index in [9.17, 15) is 17.6 Å². The van der Waals surface area contributed by atoms with Gasteiger partial charge in [-0.2, -0.15) is 17.6 Å². The van der Waals surface area contributed by atoms with Crippen LogP contribution in [-0.4, -0.2) is 12.1 Å². The number of alkyl halides is 3. The lowest BCUT2D eigenvalue weighted by atomic mass is 10.2. The second-order valence-electron chi connectivity index (χ2n) is 2.18. The molecular weight excluding hydrogens is 190 g/mol. The van der Waals surface area contributed by atoms with Crippen LogP contribution in [0.4, 0.5) is 17.6 Å². The Bertz CT molecular complexity index is 310. The zero-order valence-electron chi connectivity index (χ0n) is 6.52. The monoisotopic (exact) mass is 195 g/mol. The molecule has 72 valence electrons. The summed E-state index contributed by atoms with van der Waals surface area (Å²) in [5.41, 5.74) is -1.47. The van der Waals surface area contributed by atoms with E-state index < -0.39 is 23.4 Å². The van der Waals surface area contributed by atoms with Crippen molar-refractivity contribution in [3.63, 3.8) is 0 Å². The van der Waals surface area contributed by atoms with Crippen LogP contribution in [-0.2, 0) is 6.18 Å². The van der Waals surface area contributed by atoms with E-state index in [1.807, 2.05) is 0 Å². The summed E-state index contributed by atoms with van der Waals surface area (Å²) in [7, 11) is 1.03. The molecule has 2 nitrogen and oxygen atoms in total. The number of hydrogen-bond donors (Lipinski definition) is 0. The molecule has 0 fully saturated rings. The summed E-state index contributed by atoms with van der Waals surface area (Å²) in [5.74, 6) is -2.15. The lowest BCUT2D eigenvalue weighted by Gasteiger charge is -2.10. The van der Waals surface area contributed by atoms with Gasteiger partial charge in [0.1, 0.15) is 5.75 Å². The second-order valence-corrected chi connectivity index (χ2v) is 2.18. The van der Waals surface area contributed by atoms with Gasteiger partial charge in [0, 0.05) is 6.20 Å². The maximum atomic E-state index is 12.6. The Labute approximate surface area is 71.2 Å². The van der Waals surface area contributed by atoms with Crippen LogP contribution in [0.3, 0.4) is 0 Å². The number of hydrogen-bond acceptors (Lipinski definition) is 2. The number of ether oxygens (including phenoxy) is 1. The predicted octanol–water partition coefficient (Wildman–Crippen LogP) is 2.25. The molecule has 1 heterocycles. The van der Waals surface area contributed by atoms with Crippen molar-refractivity contribution >= 4 is 0 Å². The molecular formula is C7H5F4NO. The summed E-state index contributed by atoms with van der Waals surface area (Å²) in [4.78, 5) is 2.89. The first-order valence-corrected chi connectivity index (χ1v) is 3.22. The fourth-order valence-electron chi connectivity index (χ4n) is 0.847. The van der Waals surface area contributed by atoms with Gasteiger partial charge in [-0.1, -0.05) is 0 Å². The first-order valence-electron chi connectivity index (χ1n) is 3.22. The fraction of sp³-hybridized carbons (Fsp3) is 0.286. The van der Waals surface area contributed by atoms with Crippen molar-refractivity contribution in [2.75, 3.05) is 7.11 Å². The van der Waals surface area contributed by atoms with Crippen LogP contribution >= 0.6 is 0 Å². The van der Waals surface area contributed by atoms with Gasteiger partial charge in [-0.15, -0.1) is 0 Å². The third-order valence-corrected chi connectivity index (χ3v) is 1.37. The molecule has 0 spiro atoms. The summed E-state index contributed by atoms with van der Waals surface area (Å²) < 4.78 is 53.4. The van der Waals surface area contributed by atoms with Crippen molar-refractivity contribution in [1.29, 1.82) is 0 Å². The Hall–Kier alpha value is -1.33. The van der Waals surface area contributed by atoms with Crippen LogP contribution in [0.15, 0.2) is 12.3 Å². The number of aromatic nitrogens is 1. The Morgan fingerprint density at radius 2 is 2.00 bits per heavy atom. The highest BCUT2D eigenvalue weighted by atomic mass is 19.4. The van der Waals surface area contributed by atoms with Gasteiger partial charge in [0.15, 0.2) is 5.56 Å². The fourth-order valence-corrected chi connectivity index (χ4v) is 0.847. The highest BCUT2D eigenvalue weighted by Crippen LogP contribution is 2.36. The average Bonchev–Trinajstić information content (AvgIpc) is 2.01. The number of methoxy groups -OCH3 is 1. The van der Waals surface area contributed by atoms with Crippen LogP contribution in [0.2, 0.25) is 0 Å². The molecule has 0 N–H and O–H groups in total. The van der Waals surface area contributed by atoms with Crippen LogP contribution in [0.5, 0.6) is 5.75 Å². The van der Waals surface area contributed by atoms with Crippen LogP contribution in [0, 0.1) is 5.95 Å². The van der Waals surface area contributed by atoms with Gasteiger partial charge < -0.3 is 4.74 Å². The molecule has 0 aliphatic heterocycles. The van der Waals surface area contributed by atoms with Crippen LogP contribution in [0.25, 0.3) is 0 Å². The molecule has 0 aliphatic carbocycles. The molecule has 0 amide bonds. The molecule has 1 aromatic heterocycles. The summed E-state index contributed by atoms with van der Waals surface area (Å²) in [5, 5.41) is 0. The van der Waals surface area contributed by atoms with Gasteiger partial charge in [0.2, 0.25) is 5.95 Å². The average molecular weight is 195 g/mol. The number of rotatable bonds is 1. The summed E-state index contributed by atoms with van der Waals surface area (Å²) in [6, 6.07) is 0.950. The molecule has 1 aromatic rings. The summed E-state index contributed by atoms with van der Waals surface area (Å²) in [6.07, 6.45) is -3.88. The van der Waals surface area contributed by atoms with Crippen molar-refractivity contribution in [3.05, 3.63) is 23.8 Å². The molecule has 1 rings (SSSR count). The van der Waals surface area contributed by atoms with E-state index in [1.54, 1.807) is 0 Å². The normalized spacial score (nSPS) is 11.5. The molecule has 0 bridgehead atoms. The maximum Gasteiger partial charge on any atom is 0.424 e. The standard InChI is InChI=1S/C7H5F4NO/c1-13-4-2-3-12-6(8)5(4)7(9,10)11/h2-3H,1H3. The zero-order valence-corrected chi connectivity index (χ0v) is 6.52. The van der Waals surface area contributed by atoms with Gasteiger partial charge in [-0.05, 0) is 6.07 Å². The van der Waals surface area contributed by atoms with Gasteiger partial charge in [0.25, 0.3) is 0 Å². The Balaban J connectivity index is 3.32. The van der Waals surface area contributed by atoms with Crippen molar-refractivity contribution in [1.82, 2.24) is 4.98 Å². The molecule has 0 radical (unpaired) electrons. The van der Waals surface area contributed by atoms with Crippen LogP contribution in [0.1, 0.15) is 5.56 Å². The van der Waals surface area contributed by atoms with Crippen molar-refractivity contribution in [2.45, 2.75) is 6.18 Å². The molecule has 0 saturated heterocycles. The largest absolute Gasteiger partial charge is 0.496 e. The topological polar surface area (TPSA) is 22.1 Å². The number of halogens is 4. The van der Waals surface area contributed by atoms with Gasteiger partial charge in [0.05, 0.1) is 7.11 Å². The van der Waals surface area contributed by atoms with E-state index in [0.29, 0.717) is 0 Å². The second kappa shape index (κ2) is 3.20. The lowest BCUT2D eigenvalue weighted by Crippen LogP contribution is -2.11. The Morgan fingerprint density at radius 1 is 1.38 bits per heavy atom. The number of pyridine rings is 1. The minimum Gasteiger partial charge on any atom is -0.496 e. The molecule has 0 unspecified atom stereocenters. The third kappa shape index (κ3) is 1.88. The first kappa shape index (κ1) is 9.76.